The maximum absolute atomic E-state index is 2.35. The van der Waals surface area contributed by atoms with E-state index in [4.69, 9.17) is 0 Å². The Balaban J connectivity index is 2.13. The molecule has 1 heterocycles. The van der Waals surface area contributed by atoms with E-state index in [0.717, 1.165) is 0 Å². The Hall–Kier alpha value is -2.48. The van der Waals surface area contributed by atoms with Gasteiger partial charge in [0.05, 0.1) is 5.69 Å². The number of para-hydroxylation sites is 1. The van der Waals surface area contributed by atoms with Gasteiger partial charge in [0.15, 0.2) is 0 Å². The van der Waals surface area contributed by atoms with Crippen molar-refractivity contribution in [1.29, 1.82) is 0 Å². The van der Waals surface area contributed by atoms with Gasteiger partial charge in [-0.15, -0.1) is 0 Å². The van der Waals surface area contributed by atoms with Gasteiger partial charge in [-0.3, -0.25) is 0 Å². The van der Waals surface area contributed by atoms with E-state index < -0.39 is 0 Å². The molecule has 26 heavy (non-hydrogen) atoms. The van der Waals surface area contributed by atoms with Crippen molar-refractivity contribution >= 4 is 11.8 Å². The summed E-state index contributed by atoms with van der Waals surface area (Å²) in [5.41, 5.74) is 6.63. The van der Waals surface area contributed by atoms with Crippen LogP contribution >= 0.6 is 0 Å². The highest BCUT2D eigenvalue weighted by atomic mass is 15.3. The SMILES string of the molecule is Cc1ccc(/C=C2\N(C)C=CN2c2c(C(C)C)cccc2C(C)C)cc1. The highest BCUT2D eigenvalue weighted by Gasteiger charge is 2.25. The second-order valence-corrected chi connectivity index (χ2v) is 7.79. The number of rotatable bonds is 4. The fraction of sp³-hybridized carbons (Fsp3) is 0.333. The second-order valence-electron chi connectivity index (χ2n) is 7.79. The Morgan fingerprint density at radius 2 is 1.38 bits per heavy atom. The van der Waals surface area contributed by atoms with Crippen molar-refractivity contribution in [3.63, 3.8) is 0 Å². The molecule has 2 aromatic carbocycles. The lowest BCUT2D eigenvalue weighted by Crippen LogP contribution is -2.22. The molecular weight excluding hydrogens is 316 g/mol. The summed E-state index contributed by atoms with van der Waals surface area (Å²) in [4.78, 5) is 4.55. The summed E-state index contributed by atoms with van der Waals surface area (Å²) in [7, 11) is 2.11. The van der Waals surface area contributed by atoms with Gasteiger partial charge in [-0.05, 0) is 41.5 Å². The van der Waals surface area contributed by atoms with Crippen LogP contribution in [-0.2, 0) is 0 Å². The first kappa shape index (κ1) is 18.3. The molecule has 1 aliphatic rings. The molecule has 0 aliphatic carbocycles. The van der Waals surface area contributed by atoms with Crippen molar-refractivity contribution in [1.82, 2.24) is 4.90 Å². The van der Waals surface area contributed by atoms with Crippen molar-refractivity contribution in [2.75, 3.05) is 11.9 Å². The molecule has 0 unspecified atom stereocenters. The first-order chi connectivity index (χ1) is 12.4. The van der Waals surface area contributed by atoms with Gasteiger partial charge in [0.25, 0.3) is 0 Å². The van der Waals surface area contributed by atoms with Crippen LogP contribution in [0.5, 0.6) is 0 Å². The van der Waals surface area contributed by atoms with Crippen LogP contribution in [-0.4, -0.2) is 11.9 Å². The minimum absolute atomic E-state index is 0.476. The predicted molar refractivity (Wildman–Crippen MR) is 113 cm³/mol. The highest BCUT2D eigenvalue weighted by Crippen LogP contribution is 2.39. The van der Waals surface area contributed by atoms with Crippen molar-refractivity contribution in [3.05, 3.63) is 82.9 Å². The molecule has 0 bridgehead atoms. The lowest BCUT2D eigenvalue weighted by Gasteiger charge is -2.29. The van der Waals surface area contributed by atoms with E-state index in [1.807, 2.05) is 0 Å². The molecule has 1 aliphatic heterocycles. The smallest absolute Gasteiger partial charge is 0.117 e. The Bertz CT molecular complexity index is 800. The summed E-state index contributed by atoms with van der Waals surface area (Å²) in [5.74, 6) is 2.14. The van der Waals surface area contributed by atoms with Crippen LogP contribution in [0.15, 0.2) is 60.7 Å². The predicted octanol–water partition coefficient (Wildman–Crippen LogP) is 6.46. The largest absolute Gasteiger partial charge is 0.336 e. The maximum Gasteiger partial charge on any atom is 0.117 e. The normalized spacial score (nSPS) is 15.8. The van der Waals surface area contributed by atoms with Gasteiger partial charge >= 0.3 is 0 Å². The van der Waals surface area contributed by atoms with E-state index in [0.29, 0.717) is 11.8 Å². The van der Waals surface area contributed by atoms with Crippen molar-refractivity contribution in [2.45, 2.75) is 46.5 Å². The van der Waals surface area contributed by atoms with Crippen LogP contribution in [0, 0.1) is 6.92 Å². The topological polar surface area (TPSA) is 6.48 Å². The number of hydrogen-bond donors (Lipinski definition) is 0. The van der Waals surface area contributed by atoms with Crippen molar-refractivity contribution < 1.29 is 0 Å². The molecule has 0 N–H and O–H groups in total. The third-order valence-electron chi connectivity index (χ3n) is 5.00. The van der Waals surface area contributed by atoms with E-state index in [-0.39, 0.29) is 0 Å². The van der Waals surface area contributed by atoms with Gasteiger partial charge < -0.3 is 9.80 Å². The van der Waals surface area contributed by atoms with Crippen LogP contribution in [0.2, 0.25) is 0 Å². The fourth-order valence-corrected chi connectivity index (χ4v) is 3.45. The minimum atomic E-state index is 0.476. The molecule has 0 saturated carbocycles. The molecule has 2 aromatic rings. The van der Waals surface area contributed by atoms with E-state index in [2.05, 4.69) is 112 Å². The lowest BCUT2D eigenvalue weighted by atomic mass is 9.92. The fourth-order valence-electron chi connectivity index (χ4n) is 3.45. The van der Waals surface area contributed by atoms with Crippen molar-refractivity contribution in [3.8, 4) is 0 Å². The zero-order valence-corrected chi connectivity index (χ0v) is 16.8. The molecule has 0 aromatic heterocycles. The summed E-state index contributed by atoms with van der Waals surface area (Å²) in [5, 5.41) is 0. The lowest BCUT2D eigenvalue weighted by molar-refractivity contribution is 0.588. The summed E-state index contributed by atoms with van der Waals surface area (Å²) in [6.07, 6.45) is 6.59. The van der Waals surface area contributed by atoms with Crippen LogP contribution in [0.25, 0.3) is 6.08 Å². The van der Waals surface area contributed by atoms with E-state index in [1.54, 1.807) is 0 Å². The first-order valence-corrected chi connectivity index (χ1v) is 9.50. The van der Waals surface area contributed by atoms with Crippen LogP contribution in [0.1, 0.15) is 61.8 Å². The molecule has 2 nitrogen and oxygen atoms in total. The van der Waals surface area contributed by atoms with Crippen LogP contribution in [0.3, 0.4) is 0 Å². The number of benzene rings is 2. The molecular formula is C24H30N2. The van der Waals surface area contributed by atoms with E-state index in [1.165, 1.54) is 33.8 Å². The average Bonchev–Trinajstić information content (AvgIpc) is 2.96. The third-order valence-corrected chi connectivity index (χ3v) is 5.00. The number of aryl methyl sites for hydroxylation is 1. The Morgan fingerprint density at radius 3 is 1.92 bits per heavy atom. The van der Waals surface area contributed by atoms with Crippen LogP contribution in [0.4, 0.5) is 5.69 Å². The van der Waals surface area contributed by atoms with Gasteiger partial charge in [-0.25, -0.2) is 0 Å². The van der Waals surface area contributed by atoms with Crippen molar-refractivity contribution in [2.24, 2.45) is 0 Å². The maximum atomic E-state index is 2.35. The summed E-state index contributed by atoms with van der Waals surface area (Å²) in [6, 6.07) is 15.4. The van der Waals surface area contributed by atoms with Gasteiger partial charge in [0.1, 0.15) is 5.82 Å². The molecule has 0 spiro atoms. The standard InChI is InChI=1S/C24H30N2/c1-17(2)21-8-7-9-22(18(3)4)24(21)26-15-14-25(6)23(26)16-20-12-10-19(5)11-13-20/h7-18H,1-6H3/b23-16+. The molecule has 2 heteroatoms. The van der Waals surface area contributed by atoms with Gasteiger partial charge in [0.2, 0.25) is 0 Å². The number of hydrogen-bond acceptors (Lipinski definition) is 2. The molecule has 0 atom stereocenters. The molecule has 136 valence electrons. The molecule has 0 radical (unpaired) electrons. The first-order valence-electron chi connectivity index (χ1n) is 9.50. The molecule has 0 saturated heterocycles. The van der Waals surface area contributed by atoms with Gasteiger partial charge in [-0.1, -0.05) is 75.7 Å². The van der Waals surface area contributed by atoms with Gasteiger partial charge in [-0.2, -0.15) is 0 Å². The summed E-state index contributed by atoms with van der Waals surface area (Å²) < 4.78 is 0. The average molecular weight is 347 g/mol. The van der Waals surface area contributed by atoms with E-state index in [9.17, 15) is 0 Å². The summed E-state index contributed by atoms with van der Waals surface area (Å²) in [6.45, 7) is 11.2. The van der Waals surface area contributed by atoms with Crippen LogP contribution < -0.4 is 4.90 Å². The number of anilines is 1. The monoisotopic (exact) mass is 346 g/mol. The summed E-state index contributed by atoms with van der Waals surface area (Å²) >= 11 is 0. The zero-order chi connectivity index (χ0) is 18.8. The molecule has 0 fully saturated rings. The quantitative estimate of drug-likeness (QED) is 0.626. The zero-order valence-electron chi connectivity index (χ0n) is 16.8. The van der Waals surface area contributed by atoms with Gasteiger partial charge in [0, 0.05) is 19.4 Å². The Labute approximate surface area is 158 Å². The molecule has 3 rings (SSSR count). The van der Waals surface area contributed by atoms with E-state index >= 15 is 0 Å². The Morgan fingerprint density at radius 1 is 0.808 bits per heavy atom. The highest BCUT2D eigenvalue weighted by molar-refractivity contribution is 5.72. The Kier molecular flexibility index (Phi) is 5.22. The second kappa shape index (κ2) is 7.41. The number of nitrogens with zero attached hydrogens (tertiary/aromatic N) is 2. The molecule has 0 amide bonds. The third kappa shape index (κ3) is 3.55. The minimum Gasteiger partial charge on any atom is -0.336 e.